The predicted molar refractivity (Wildman–Crippen MR) is 113 cm³/mol. The molecule has 1 aliphatic carbocycles. The molecule has 2 amide bonds. The molecule has 1 aliphatic rings. The van der Waals surface area contributed by atoms with Gasteiger partial charge in [-0.15, -0.1) is 0 Å². The maximum Gasteiger partial charge on any atom is 0.256 e. The molecule has 4 N–H and O–H groups in total. The highest BCUT2D eigenvalue weighted by Gasteiger charge is 2.34. The number of hydrogen-bond acceptors (Lipinski definition) is 3. The van der Waals surface area contributed by atoms with Crippen LogP contribution in [0.5, 0.6) is 0 Å². The van der Waals surface area contributed by atoms with E-state index in [1.807, 2.05) is 0 Å². The van der Waals surface area contributed by atoms with Crippen LogP contribution in [0.4, 0.5) is 14.5 Å². The summed E-state index contributed by atoms with van der Waals surface area (Å²) in [4.78, 5) is 27.0. The van der Waals surface area contributed by atoms with E-state index in [0.29, 0.717) is 35.2 Å². The first kappa shape index (κ1) is 20.5. The van der Waals surface area contributed by atoms with Crippen LogP contribution < -0.4 is 11.5 Å². The fraction of sp³-hybridized carbons (Fsp3) is 0.167. The number of para-hydroxylation sites is 1. The second-order valence-electron chi connectivity index (χ2n) is 7.55. The quantitative estimate of drug-likeness (QED) is 0.611. The van der Waals surface area contributed by atoms with E-state index in [1.165, 1.54) is 11.0 Å². The van der Waals surface area contributed by atoms with Gasteiger partial charge in [0.15, 0.2) is 0 Å². The van der Waals surface area contributed by atoms with Crippen LogP contribution in [0.2, 0.25) is 0 Å². The molecule has 0 radical (unpaired) electrons. The first-order valence-corrected chi connectivity index (χ1v) is 9.88. The van der Waals surface area contributed by atoms with Gasteiger partial charge in [-0.05, 0) is 53.8 Å². The Labute approximate surface area is 178 Å². The van der Waals surface area contributed by atoms with Crippen molar-refractivity contribution in [3.05, 3.63) is 100 Å². The molecular formula is C24H21F2N3O2. The molecule has 0 aromatic heterocycles. The monoisotopic (exact) mass is 421 g/mol. The Balaban J connectivity index is 1.81. The Bertz CT molecular complexity index is 1180. The number of carbonyl (C=O) groups is 2. The zero-order valence-electron chi connectivity index (χ0n) is 16.6. The smallest absolute Gasteiger partial charge is 0.256 e. The molecule has 1 atom stereocenters. The van der Waals surface area contributed by atoms with Gasteiger partial charge in [0.05, 0.1) is 11.6 Å². The van der Waals surface area contributed by atoms with E-state index in [1.54, 1.807) is 48.5 Å². The van der Waals surface area contributed by atoms with Crippen LogP contribution >= 0.6 is 0 Å². The molecule has 0 heterocycles. The zero-order chi connectivity index (χ0) is 22.1. The lowest BCUT2D eigenvalue weighted by Gasteiger charge is -2.31. The van der Waals surface area contributed by atoms with E-state index in [0.717, 1.165) is 6.07 Å². The van der Waals surface area contributed by atoms with Crippen molar-refractivity contribution in [3.63, 3.8) is 0 Å². The number of nitrogens with zero attached hydrogens (tertiary/aromatic N) is 1. The number of halogens is 2. The van der Waals surface area contributed by atoms with E-state index in [-0.39, 0.29) is 23.6 Å². The van der Waals surface area contributed by atoms with Crippen molar-refractivity contribution < 1.29 is 18.4 Å². The fourth-order valence-corrected chi connectivity index (χ4v) is 4.20. The molecule has 0 aliphatic heterocycles. The number of rotatable bonds is 5. The van der Waals surface area contributed by atoms with Crippen LogP contribution in [0.25, 0.3) is 0 Å². The number of nitrogens with two attached hydrogens (primary N) is 2. The summed E-state index contributed by atoms with van der Waals surface area (Å²) in [6.45, 7) is 0.0362. The standard InChI is InChI=1S/C24H21F2N3O2/c25-15-11-19-17(20(26)12-15)9-10-22(19)29(24(31)18-7-3-4-8-21(18)27)13-14-5-1-2-6-16(14)23(28)30/h1-8,11-12,22H,9-10,13,27H2,(H2,28,30)/t22-/m1/s1. The molecule has 3 aromatic rings. The Hall–Kier alpha value is -3.74. The lowest BCUT2D eigenvalue weighted by Crippen LogP contribution is -2.35. The molecule has 0 unspecified atom stereocenters. The van der Waals surface area contributed by atoms with Crippen molar-refractivity contribution >= 4 is 17.5 Å². The van der Waals surface area contributed by atoms with Gasteiger partial charge in [-0.2, -0.15) is 0 Å². The number of carbonyl (C=O) groups excluding carboxylic acids is 2. The second kappa shape index (κ2) is 8.18. The van der Waals surface area contributed by atoms with Gasteiger partial charge >= 0.3 is 0 Å². The Kier molecular flexibility index (Phi) is 5.42. The summed E-state index contributed by atoms with van der Waals surface area (Å²) < 4.78 is 28.4. The third-order valence-electron chi connectivity index (χ3n) is 5.67. The molecule has 0 saturated heterocycles. The summed E-state index contributed by atoms with van der Waals surface area (Å²) in [6, 6.07) is 14.9. The van der Waals surface area contributed by atoms with Crippen molar-refractivity contribution in [1.29, 1.82) is 0 Å². The first-order valence-electron chi connectivity index (χ1n) is 9.88. The molecule has 5 nitrogen and oxygen atoms in total. The molecule has 0 saturated carbocycles. The Morgan fingerprint density at radius 1 is 1.00 bits per heavy atom. The number of hydrogen-bond donors (Lipinski definition) is 2. The molecule has 0 bridgehead atoms. The molecule has 0 fully saturated rings. The number of anilines is 1. The highest BCUT2D eigenvalue weighted by molar-refractivity contribution is 6.00. The molecule has 7 heteroatoms. The van der Waals surface area contributed by atoms with Crippen molar-refractivity contribution in [2.45, 2.75) is 25.4 Å². The van der Waals surface area contributed by atoms with Crippen LogP contribution in [0.1, 0.15) is 49.9 Å². The van der Waals surface area contributed by atoms with E-state index in [2.05, 4.69) is 0 Å². The zero-order valence-corrected chi connectivity index (χ0v) is 16.6. The van der Waals surface area contributed by atoms with Gasteiger partial charge in [0, 0.05) is 23.9 Å². The van der Waals surface area contributed by atoms with Crippen molar-refractivity contribution in [1.82, 2.24) is 4.90 Å². The normalized spacial score (nSPS) is 14.8. The van der Waals surface area contributed by atoms with E-state index in [4.69, 9.17) is 11.5 Å². The van der Waals surface area contributed by atoms with Gasteiger partial charge in [0.1, 0.15) is 11.6 Å². The average Bonchev–Trinajstić information content (AvgIpc) is 3.16. The second-order valence-corrected chi connectivity index (χ2v) is 7.55. The van der Waals surface area contributed by atoms with E-state index < -0.39 is 23.6 Å². The van der Waals surface area contributed by atoms with Crippen LogP contribution in [-0.2, 0) is 13.0 Å². The minimum atomic E-state index is -0.702. The van der Waals surface area contributed by atoms with Gasteiger partial charge < -0.3 is 16.4 Å². The largest absolute Gasteiger partial charge is 0.398 e. The van der Waals surface area contributed by atoms with E-state index in [9.17, 15) is 18.4 Å². The number of benzene rings is 3. The minimum absolute atomic E-state index is 0.0362. The number of nitrogen functional groups attached to an aromatic ring is 1. The number of fused-ring (bicyclic) bond motifs is 1. The van der Waals surface area contributed by atoms with Gasteiger partial charge in [-0.1, -0.05) is 30.3 Å². The lowest BCUT2D eigenvalue weighted by atomic mass is 10.0. The van der Waals surface area contributed by atoms with Crippen molar-refractivity contribution in [2.75, 3.05) is 5.73 Å². The summed E-state index contributed by atoms with van der Waals surface area (Å²) in [6.07, 6.45) is 0.796. The maximum atomic E-state index is 14.3. The molecule has 3 aromatic carbocycles. The topological polar surface area (TPSA) is 89.4 Å². The third kappa shape index (κ3) is 3.86. The molecular weight excluding hydrogens is 400 g/mol. The molecule has 158 valence electrons. The summed E-state index contributed by atoms with van der Waals surface area (Å²) in [5.41, 5.74) is 13.8. The SMILES string of the molecule is NC(=O)c1ccccc1CN(C(=O)c1ccccc1N)[C@@H]1CCc2c(F)cc(F)cc21. The average molecular weight is 421 g/mol. The Morgan fingerprint density at radius 2 is 1.68 bits per heavy atom. The van der Waals surface area contributed by atoms with Crippen molar-refractivity contribution in [3.8, 4) is 0 Å². The lowest BCUT2D eigenvalue weighted by molar-refractivity contribution is 0.0657. The van der Waals surface area contributed by atoms with E-state index >= 15 is 0 Å². The summed E-state index contributed by atoms with van der Waals surface area (Å²) in [5, 5.41) is 0. The minimum Gasteiger partial charge on any atom is -0.398 e. The third-order valence-corrected chi connectivity index (χ3v) is 5.67. The van der Waals surface area contributed by atoms with Crippen LogP contribution in [0, 0.1) is 11.6 Å². The number of primary amides is 1. The fourth-order valence-electron chi connectivity index (χ4n) is 4.20. The summed E-state index contributed by atoms with van der Waals surface area (Å²) >= 11 is 0. The summed E-state index contributed by atoms with van der Waals surface area (Å²) in [5.74, 6) is -2.33. The van der Waals surface area contributed by atoms with Gasteiger partial charge in [0.25, 0.3) is 5.91 Å². The summed E-state index contributed by atoms with van der Waals surface area (Å²) in [7, 11) is 0. The first-order chi connectivity index (χ1) is 14.9. The van der Waals surface area contributed by atoms with Crippen LogP contribution in [0.15, 0.2) is 60.7 Å². The maximum absolute atomic E-state index is 14.3. The number of amides is 2. The van der Waals surface area contributed by atoms with Crippen LogP contribution in [0.3, 0.4) is 0 Å². The Morgan fingerprint density at radius 3 is 2.39 bits per heavy atom. The van der Waals surface area contributed by atoms with Gasteiger partial charge in [0.2, 0.25) is 5.91 Å². The van der Waals surface area contributed by atoms with Crippen LogP contribution in [-0.4, -0.2) is 16.7 Å². The highest BCUT2D eigenvalue weighted by atomic mass is 19.1. The molecule has 31 heavy (non-hydrogen) atoms. The van der Waals surface area contributed by atoms with Crippen molar-refractivity contribution in [2.24, 2.45) is 5.73 Å². The molecule has 4 rings (SSSR count). The van der Waals surface area contributed by atoms with Gasteiger partial charge in [-0.25, -0.2) is 8.78 Å². The highest BCUT2D eigenvalue weighted by Crippen LogP contribution is 2.39. The predicted octanol–water partition coefficient (Wildman–Crippen LogP) is 3.98. The van der Waals surface area contributed by atoms with Gasteiger partial charge in [-0.3, -0.25) is 9.59 Å². The molecule has 0 spiro atoms.